The first-order chi connectivity index (χ1) is 8.88. The molecule has 0 radical (unpaired) electrons. The smallest absolute Gasteiger partial charge is 0.396 e. The van der Waals surface area contributed by atoms with Gasteiger partial charge in [0.2, 0.25) is 0 Å². The van der Waals surface area contributed by atoms with Gasteiger partial charge in [-0.15, -0.1) is 11.8 Å². The molecule has 0 amide bonds. The van der Waals surface area contributed by atoms with E-state index < -0.39 is 11.7 Å². The molecule has 0 aliphatic carbocycles. The van der Waals surface area contributed by atoms with Gasteiger partial charge in [-0.2, -0.15) is 13.2 Å². The summed E-state index contributed by atoms with van der Waals surface area (Å²) in [6.45, 7) is 2.19. The minimum absolute atomic E-state index is 0.0205. The van der Waals surface area contributed by atoms with Gasteiger partial charge < -0.3 is 10.4 Å². The summed E-state index contributed by atoms with van der Waals surface area (Å²) in [6, 6.07) is 4.39. The quantitative estimate of drug-likeness (QED) is 0.789. The minimum Gasteiger partial charge on any atom is -0.396 e. The molecule has 0 aromatic heterocycles. The summed E-state index contributed by atoms with van der Waals surface area (Å²) in [5.41, 5.74) is 0.00373. The van der Waals surface area contributed by atoms with Crippen molar-refractivity contribution in [2.45, 2.75) is 36.2 Å². The van der Waals surface area contributed by atoms with Crippen LogP contribution in [0.2, 0.25) is 0 Å². The molecular weight excluding hydrogens is 275 g/mol. The second kappa shape index (κ2) is 7.17. The van der Waals surface area contributed by atoms with Crippen molar-refractivity contribution >= 4 is 11.8 Å². The molecule has 2 N–H and O–H groups in total. The van der Waals surface area contributed by atoms with Crippen molar-refractivity contribution in [2.24, 2.45) is 0 Å². The number of alkyl halides is 3. The molecule has 0 aliphatic heterocycles. The Kier molecular flexibility index (Phi) is 6.16. The van der Waals surface area contributed by atoms with Crippen LogP contribution in [0, 0.1) is 0 Å². The summed E-state index contributed by atoms with van der Waals surface area (Å²) in [5.74, 6) is 0. The molecule has 1 unspecified atom stereocenters. The maximum atomic E-state index is 13.0. The Balaban J connectivity index is 3.02. The van der Waals surface area contributed by atoms with E-state index in [-0.39, 0.29) is 16.8 Å². The van der Waals surface area contributed by atoms with Crippen molar-refractivity contribution < 1.29 is 18.3 Å². The fourth-order valence-electron chi connectivity index (χ4n) is 1.67. The van der Waals surface area contributed by atoms with Crippen LogP contribution < -0.4 is 5.32 Å². The van der Waals surface area contributed by atoms with Crippen LogP contribution in [0.5, 0.6) is 0 Å². The number of hydrogen-bond donors (Lipinski definition) is 2. The molecule has 0 bridgehead atoms. The van der Waals surface area contributed by atoms with Crippen LogP contribution in [0.1, 0.15) is 24.5 Å². The van der Waals surface area contributed by atoms with Gasteiger partial charge in [0.25, 0.3) is 0 Å². The zero-order valence-corrected chi connectivity index (χ0v) is 11.7. The molecule has 0 saturated heterocycles. The number of nitrogens with one attached hydrogen (secondary N) is 1. The van der Waals surface area contributed by atoms with Crippen molar-refractivity contribution in [1.29, 1.82) is 0 Å². The topological polar surface area (TPSA) is 32.3 Å². The lowest BCUT2D eigenvalue weighted by Crippen LogP contribution is -2.11. The van der Waals surface area contributed by atoms with E-state index in [1.54, 1.807) is 13.1 Å². The van der Waals surface area contributed by atoms with Gasteiger partial charge in [0.15, 0.2) is 0 Å². The lowest BCUT2D eigenvalue weighted by molar-refractivity contribution is -0.139. The maximum absolute atomic E-state index is 13.0. The molecule has 0 saturated carbocycles. The highest BCUT2D eigenvalue weighted by Gasteiger charge is 2.34. The summed E-state index contributed by atoms with van der Waals surface area (Å²) in [5, 5.41) is 11.6. The lowest BCUT2D eigenvalue weighted by Gasteiger charge is -2.17. The van der Waals surface area contributed by atoms with E-state index in [0.29, 0.717) is 18.5 Å². The van der Waals surface area contributed by atoms with Gasteiger partial charge in [-0.25, -0.2) is 0 Å². The Morgan fingerprint density at radius 3 is 2.58 bits per heavy atom. The standard InChI is InChI=1S/C13H18F3NOS/c1-9(5-6-18)19-12-4-3-10(8-17-2)7-11(12)13(14,15)16/h3-4,7,9,17-18H,5-6,8H2,1-2H3. The van der Waals surface area contributed by atoms with Gasteiger partial charge in [0, 0.05) is 23.3 Å². The molecule has 0 aliphatic rings. The van der Waals surface area contributed by atoms with Gasteiger partial charge in [0.05, 0.1) is 5.56 Å². The molecule has 0 spiro atoms. The van der Waals surface area contributed by atoms with Crippen molar-refractivity contribution in [3.63, 3.8) is 0 Å². The van der Waals surface area contributed by atoms with E-state index in [0.717, 1.165) is 11.8 Å². The minimum atomic E-state index is -4.36. The van der Waals surface area contributed by atoms with Gasteiger partial charge in [-0.1, -0.05) is 13.0 Å². The average Bonchev–Trinajstić information content (AvgIpc) is 2.30. The summed E-state index contributed by atoms with van der Waals surface area (Å²) in [4.78, 5) is 0.216. The van der Waals surface area contributed by atoms with Crippen LogP contribution in [0.4, 0.5) is 13.2 Å². The van der Waals surface area contributed by atoms with Crippen LogP contribution >= 0.6 is 11.8 Å². The van der Waals surface area contributed by atoms with Crippen molar-refractivity contribution in [3.8, 4) is 0 Å². The van der Waals surface area contributed by atoms with Gasteiger partial charge in [0.1, 0.15) is 0 Å². The summed E-state index contributed by atoms with van der Waals surface area (Å²) in [7, 11) is 1.69. The molecule has 19 heavy (non-hydrogen) atoms. The number of aliphatic hydroxyl groups is 1. The first-order valence-corrected chi connectivity index (χ1v) is 6.88. The third-order valence-corrected chi connectivity index (χ3v) is 3.84. The predicted octanol–water partition coefficient (Wildman–Crippen LogP) is 3.29. The summed E-state index contributed by atoms with van der Waals surface area (Å²) >= 11 is 1.15. The highest BCUT2D eigenvalue weighted by molar-refractivity contribution is 8.00. The summed E-state index contributed by atoms with van der Waals surface area (Å²) < 4.78 is 39.1. The average molecular weight is 293 g/mol. The van der Waals surface area contributed by atoms with Crippen LogP contribution in [-0.2, 0) is 12.7 Å². The molecule has 1 aromatic carbocycles. The third-order valence-electron chi connectivity index (χ3n) is 2.59. The molecule has 1 aromatic rings. The Bertz CT molecular complexity index is 409. The third kappa shape index (κ3) is 5.04. The van der Waals surface area contributed by atoms with Crippen molar-refractivity contribution in [2.75, 3.05) is 13.7 Å². The van der Waals surface area contributed by atoms with Crippen molar-refractivity contribution in [1.82, 2.24) is 5.32 Å². The second-order valence-corrected chi connectivity index (χ2v) is 5.78. The normalized spacial score (nSPS) is 13.6. The van der Waals surface area contributed by atoms with Gasteiger partial charge in [-0.05, 0) is 31.2 Å². The van der Waals surface area contributed by atoms with Crippen LogP contribution in [-0.4, -0.2) is 24.0 Å². The van der Waals surface area contributed by atoms with Gasteiger partial charge in [-0.3, -0.25) is 0 Å². The molecule has 0 heterocycles. The van der Waals surface area contributed by atoms with Crippen molar-refractivity contribution in [3.05, 3.63) is 29.3 Å². The Morgan fingerprint density at radius 1 is 1.37 bits per heavy atom. The van der Waals surface area contributed by atoms with E-state index in [9.17, 15) is 13.2 Å². The molecule has 1 rings (SSSR count). The summed E-state index contributed by atoms with van der Waals surface area (Å²) in [6.07, 6.45) is -3.88. The van der Waals surface area contributed by atoms with E-state index in [2.05, 4.69) is 5.32 Å². The number of halogens is 3. The monoisotopic (exact) mass is 293 g/mol. The molecule has 2 nitrogen and oxygen atoms in total. The fraction of sp³-hybridized carbons (Fsp3) is 0.538. The zero-order chi connectivity index (χ0) is 14.5. The zero-order valence-electron chi connectivity index (χ0n) is 10.9. The van der Waals surface area contributed by atoms with E-state index >= 15 is 0 Å². The van der Waals surface area contributed by atoms with Gasteiger partial charge >= 0.3 is 6.18 Å². The number of aliphatic hydroxyl groups excluding tert-OH is 1. The second-order valence-electron chi connectivity index (χ2n) is 4.30. The lowest BCUT2D eigenvalue weighted by atomic mass is 10.1. The molecule has 1 atom stereocenters. The first-order valence-electron chi connectivity index (χ1n) is 6.00. The van der Waals surface area contributed by atoms with E-state index in [1.807, 2.05) is 6.92 Å². The molecule has 0 fully saturated rings. The van der Waals surface area contributed by atoms with Crippen LogP contribution in [0.15, 0.2) is 23.1 Å². The largest absolute Gasteiger partial charge is 0.417 e. The predicted molar refractivity (Wildman–Crippen MR) is 71.2 cm³/mol. The number of hydrogen-bond acceptors (Lipinski definition) is 3. The Morgan fingerprint density at radius 2 is 2.05 bits per heavy atom. The molecule has 6 heteroatoms. The molecular formula is C13H18F3NOS. The van der Waals surface area contributed by atoms with E-state index in [1.165, 1.54) is 12.1 Å². The van der Waals surface area contributed by atoms with Crippen LogP contribution in [0.25, 0.3) is 0 Å². The number of benzene rings is 1. The number of thioether (sulfide) groups is 1. The highest BCUT2D eigenvalue weighted by Crippen LogP contribution is 2.39. The highest BCUT2D eigenvalue weighted by atomic mass is 32.2. The number of rotatable bonds is 6. The molecule has 108 valence electrons. The SMILES string of the molecule is CNCc1ccc(SC(C)CCO)c(C(F)(F)F)c1. The maximum Gasteiger partial charge on any atom is 0.417 e. The van der Waals surface area contributed by atoms with E-state index in [4.69, 9.17) is 5.11 Å². The van der Waals surface area contributed by atoms with Crippen LogP contribution in [0.3, 0.4) is 0 Å². The Hall–Kier alpha value is -0.720. The first kappa shape index (κ1) is 16.3. The Labute approximate surface area is 115 Å². The fourth-order valence-corrected chi connectivity index (χ4v) is 2.78.